The van der Waals surface area contributed by atoms with E-state index in [9.17, 15) is 4.79 Å². The number of aromatic nitrogens is 1. The van der Waals surface area contributed by atoms with Crippen LogP contribution in [-0.2, 0) is 12.8 Å². The molecule has 23 heavy (non-hydrogen) atoms. The summed E-state index contributed by atoms with van der Waals surface area (Å²) < 4.78 is 0. The quantitative estimate of drug-likeness (QED) is 0.910. The molecule has 0 bridgehead atoms. The van der Waals surface area contributed by atoms with Gasteiger partial charge >= 0.3 is 6.03 Å². The number of fused-ring (bicyclic) bond motifs is 1. The summed E-state index contributed by atoms with van der Waals surface area (Å²) in [6.07, 6.45) is 7.62. The molecule has 2 amide bonds. The Morgan fingerprint density at radius 1 is 1.35 bits per heavy atom. The van der Waals surface area contributed by atoms with Gasteiger partial charge in [0.1, 0.15) is 0 Å². The Balaban J connectivity index is 1.54. The first kappa shape index (κ1) is 15.5. The Labute approximate surface area is 137 Å². The molecule has 0 aliphatic heterocycles. The van der Waals surface area contributed by atoms with Crippen molar-refractivity contribution in [3.63, 3.8) is 0 Å². The molecule has 1 aliphatic rings. The summed E-state index contributed by atoms with van der Waals surface area (Å²) in [7, 11) is 0. The standard InChI is InChI=1S/C19H23N3O/c1-14-7-8-16-5-2-6-18(17(16)12-14)22-19(23)21-11-9-15-4-3-10-20-13-15/h3-4,7-8,10,12-13,18H,2,5-6,9,11H2,1H3,(H2,21,22,23). The van der Waals surface area contributed by atoms with Gasteiger partial charge in [-0.15, -0.1) is 0 Å². The van der Waals surface area contributed by atoms with Gasteiger partial charge in [0.15, 0.2) is 0 Å². The highest BCUT2D eigenvalue weighted by Crippen LogP contribution is 2.30. The van der Waals surface area contributed by atoms with Crippen LogP contribution in [0.4, 0.5) is 4.79 Å². The number of pyridine rings is 1. The highest BCUT2D eigenvalue weighted by Gasteiger charge is 2.21. The first-order valence-electron chi connectivity index (χ1n) is 8.25. The van der Waals surface area contributed by atoms with Crippen molar-refractivity contribution in [2.75, 3.05) is 6.54 Å². The summed E-state index contributed by atoms with van der Waals surface area (Å²) in [6.45, 7) is 2.71. The van der Waals surface area contributed by atoms with Crippen LogP contribution < -0.4 is 10.6 Å². The molecule has 0 saturated carbocycles. The summed E-state index contributed by atoms with van der Waals surface area (Å²) in [5, 5.41) is 6.07. The maximum absolute atomic E-state index is 12.2. The van der Waals surface area contributed by atoms with E-state index in [4.69, 9.17) is 0 Å². The predicted octanol–water partition coefficient (Wildman–Crippen LogP) is 3.31. The number of hydrogen-bond acceptors (Lipinski definition) is 2. The first-order chi connectivity index (χ1) is 11.2. The van der Waals surface area contributed by atoms with E-state index in [0.29, 0.717) is 6.54 Å². The minimum atomic E-state index is -0.0896. The van der Waals surface area contributed by atoms with Crippen molar-refractivity contribution in [1.82, 2.24) is 15.6 Å². The Morgan fingerprint density at radius 3 is 3.09 bits per heavy atom. The van der Waals surface area contributed by atoms with Gasteiger partial charge in [-0.1, -0.05) is 29.8 Å². The van der Waals surface area contributed by atoms with Gasteiger partial charge in [-0.25, -0.2) is 4.79 Å². The number of nitrogens with one attached hydrogen (secondary N) is 2. The summed E-state index contributed by atoms with van der Waals surface area (Å²) >= 11 is 0. The number of nitrogens with zero attached hydrogens (tertiary/aromatic N) is 1. The first-order valence-corrected chi connectivity index (χ1v) is 8.25. The Bertz CT molecular complexity index is 670. The summed E-state index contributed by atoms with van der Waals surface area (Å²) in [5.41, 5.74) is 5.02. The van der Waals surface area contributed by atoms with E-state index in [2.05, 4.69) is 40.7 Å². The number of urea groups is 1. The van der Waals surface area contributed by atoms with Gasteiger partial charge in [0.25, 0.3) is 0 Å². The molecule has 2 aromatic rings. The smallest absolute Gasteiger partial charge is 0.315 e. The van der Waals surface area contributed by atoms with E-state index in [-0.39, 0.29) is 12.1 Å². The summed E-state index contributed by atoms with van der Waals surface area (Å²) in [6, 6.07) is 10.5. The normalized spacial score (nSPS) is 16.5. The van der Waals surface area contributed by atoms with Crippen LogP contribution in [0.1, 0.15) is 41.1 Å². The second kappa shape index (κ2) is 7.27. The van der Waals surface area contributed by atoms with Crippen LogP contribution in [0.15, 0.2) is 42.7 Å². The lowest BCUT2D eigenvalue weighted by atomic mass is 9.87. The lowest BCUT2D eigenvalue weighted by molar-refractivity contribution is 0.235. The fourth-order valence-corrected chi connectivity index (χ4v) is 3.14. The molecule has 1 aliphatic carbocycles. The summed E-state index contributed by atoms with van der Waals surface area (Å²) in [5.74, 6) is 0. The monoisotopic (exact) mass is 309 g/mol. The fourth-order valence-electron chi connectivity index (χ4n) is 3.14. The fraction of sp³-hybridized carbons (Fsp3) is 0.368. The largest absolute Gasteiger partial charge is 0.338 e. The van der Waals surface area contributed by atoms with E-state index in [1.54, 1.807) is 6.20 Å². The van der Waals surface area contributed by atoms with Crippen LogP contribution >= 0.6 is 0 Å². The molecular weight excluding hydrogens is 286 g/mol. The number of carbonyl (C=O) groups excluding carboxylic acids is 1. The van der Waals surface area contributed by atoms with Crippen LogP contribution in [-0.4, -0.2) is 17.6 Å². The van der Waals surface area contributed by atoms with Crippen molar-refractivity contribution in [2.24, 2.45) is 0 Å². The second-order valence-electron chi connectivity index (χ2n) is 6.16. The molecule has 0 spiro atoms. The zero-order valence-electron chi connectivity index (χ0n) is 13.5. The molecule has 4 nitrogen and oxygen atoms in total. The predicted molar refractivity (Wildman–Crippen MR) is 91.3 cm³/mol. The summed E-state index contributed by atoms with van der Waals surface area (Å²) in [4.78, 5) is 16.2. The van der Waals surface area contributed by atoms with Crippen LogP contribution in [0.25, 0.3) is 0 Å². The molecule has 3 rings (SSSR count). The number of carbonyl (C=O) groups is 1. The maximum Gasteiger partial charge on any atom is 0.315 e. The van der Waals surface area contributed by atoms with Gasteiger partial charge in [0, 0.05) is 18.9 Å². The van der Waals surface area contributed by atoms with Crippen LogP contribution in [0.3, 0.4) is 0 Å². The molecule has 0 saturated heterocycles. The van der Waals surface area contributed by atoms with Gasteiger partial charge in [0.05, 0.1) is 6.04 Å². The lowest BCUT2D eigenvalue weighted by Crippen LogP contribution is -2.39. The molecule has 2 N–H and O–H groups in total. The number of hydrogen-bond donors (Lipinski definition) is 2. The van der Waals surface area contributed by atoms with Crippen molar-refractivity contribution in [1.29, 1.82) is 0 Å². The van der Waals surface area contributed by atoms with E-state index in [1.165, 1.54) is 16.7 Å². The average molecular weight is 309 g/mol. The molecule has 120 valence electrons. The van der Waals surface area contributed by atoms with Gasteiger partial charge in [-0.05, 0) is 55.4 Å². The molecule has 0 fully saturated rings. The molecule has 1 heterocycles. The highest BCUT2D eigenvalue weighted by atomic mass is 16.2. The SMILES string of the molecule is Cc1ccc2c(c1)C(NC(=O)NCCc1cccnc1)CCC2. The zero-order valence-corrected chi connectivity index (χ0v) is 13.5. The van der Waals surface area contributed by atoms with E-state index >= 15 is 0 Å². The lowest BCUT2D eigenvalue weighted by Gasteiger charge is -2.27. The molecule has 1 unspecified atom stereocenters. The van der Waals surface area contributed by atoms with Gasteiger partial charge in [-0.3, -0.25) is 4.98 Å². The topological polar surface area (TPSA) is 54.0 Å². The third-order valence-electron chi connectivity index (χ3n) is 4.34. The van der Waals surface area contributed by atoms with Crippen LogP contribution in [0.5, 0.6) is 0 Å². The van der Waals surface area contributed by atoms with Crippen LogP contribution in [0.2, 0.25) is 0 Å². The number of benzene rings is 1. The third kappa shape index (κ3) is 4.09. The molecule has 1 atom stereocenters. The molecular formula is C19H23N3O. The van der Waals surface area contributed by atoms with Crippen molar-refractivity contribution in [3.05, 3.63) is 65.0 Å². The number of rotatable bonds is 4. The average Bonchev–Trinajstić information content (AvgIpc) is 2.56. The number of amides is 2. The Kier molecular flexibility index (Phi) is 4.91. The zero-order chi connectivity index (χ0) is 16.1. The third-order valence-corrected chi connectivity index (χ3v) is 4.34. The van der Waals surface area contributed by atoms with E-state index < -0.39 is 0 Å². The molecule has 1 aromatic carbocycles. The second-order valence-corrected chi connectivity index (χ2v) is 6.16. The van der Waals surface area contributed by atoms with Gasteiger partial charge in [0.2, 0.25) is 0 Å². The number of aryl methyl sites for hydroxylation is 2. The molecule has 1 aromatic heterocycles. The highest BCUT2D eigenvalue weighted by molar-refractivity contribution is 5.74. The van der Waals surface area contributed by atoms with Crippen molar-refractivity contribution < 1.29 is 4.79 Å². The minimum absolute atomic E-state index is 0.0896. The Hall–Kier alpha value is -2.36. The van der Waals surface area contributed by atoms with Crippen LogP contribution in [0, 0.1) is 6.92 Å². The van der Waals surface area contributed by atoms with Gasteiger partial charge in [-0.2, -0.15) is 0 Å². The Morgan fingerprint density at radius 2 is 2.26 bits per heavy atom. The van der Waals surface area contributed by atoms with Crippen molar-refractivity contribution in [2.45, 2.75) is 38.6 Å². The molecule has 4 heteroatoms. The molecule has 0 radical (unpaired) electrons. The van der Waals surface area contributed by atoms with E-state index in [0.717, 1.165) is 31.2 Å². The van der Waals surface area contributed by atoms with Crippen molar-refractivity contribution in [3.8, 4) is 0 Å². The van der Waals surface area contributed by atoms with Gasteiger partial charge < -0.3 is 10.6 Å². The van der Waals surface area contributed by atoms with E-state index in [1.807, 2.05) is 18.3 Å². The maximum atomic E-state index is 12.2. The minimum Gasteiger partial charge on any atom is -0.338 e. The van der Waals surface area contributed by atoms with Crippen molar-refractivity contribution >= 4 is 6.03 Å².